The van der Waals surface area contributed by atoms with Crippen molar-refractivity contribution < 1.29 is 23.5 Å². The number of hydrogen-bond donors (Lipinski definition) is 1. The average Bonchev–Trinajstić information content (AvgIpc) is 3.47. The monoisotopic (exact) mass is 392 g/mol. The number of fused-ring (bicyclic) bond motifs is 1. The molecule has 0 unspecified atom stereocenters. The SMILES string of the molecule is O=C(Nc1nnc([C@@H]2CC(=O)N(c3ccccc3)C2)o1)c1ccc2c(c1)OCO2. The zero-order valence-corrected chi connectivity index (χ0v) is 15.2. The van der Waals surface area contributed by atoms with Gasteiger partial charge in [0.1, 0.15) is 0 Å². The molecule has 1 atom stereocenters. The number of benzene rings is 2. The van der Waals surface area contributed by atoms with Gasteiger partial charge in [-0.05, 0) is 30.3 Å². The Morgan fingerprint density at radius 3 is 2.76 bits per heavy atom. The van der Waals surface area contributed by atoms with Crippen molar-refractivity contribution in [1.82, 2.24) is 10.2 Å². The van der Waals surface area contributed by atoms with Crippen LogP contribution in [0.15, 0.2) is 52.9 Å². The van der Waals surface area contributed by atoms with Crippen molar-refractivity contribution in [2.24, 2.45) is 0 Å². The molecule has 3 aromatic rings. The molecule has 1 N–H and O–H groups in total. The first kappa shape index (κ1) is 17.2. The van der Waals surface area contributed by atoms with E-state index in [1.54, 1.807) is 23.1 Å². The molecular formula is C20H16N4O5. The Labute approximate surface area is 165 Å². The van der Waals surface area contributed by atoms with Crippen molar-refractivity contribution in [3.63, 3.8) is 0 Å². The molecule has 1 saturated heterocycles. The summed E-state index contributed by atoms with van der Waals surface area (Å²) >= 11 is 0. The fraction of sp³-hybridized carbons (Fsp3) is 0.200. The van der Waals surface area contributed by atoms with Crippen LogP contribution in [0.1, 0.15) is 28.6 Å². The molecule has 0 bridgehead atoms. The zero-order valence-electron chi connectivity index (χ0n) is 15.2. The molecule has 9 heteroatoms. The molecule has 0 spiro atoms. The molecule has 2 aromatic carbocycles. The first-order chi connectivity index (χ1) is 14.2. The normalized spacial score (nSPS) is 17.6. The minimum absolute atomic E-state index is 0.00894. The minimum Gasteiger partial charge on any atom is -0.454 e. The van der Waals surface area contributed by atoms with E-state index in [1.807, 2.05) is 30.3 Å². The smallest absolute Gasteiger partial charge is 0.322 e. The molecule has 5 rings (SSSR count). The van der Waals surface area contributed by atoms with E-state index < -0.39 is 5.91 Å². The number of para-hydroxylation sites is 1. The Bertz CT molecular complexity index is 1080. The summed E-state index contributed by atoms with van der Waals surface area (Å²) in [4.78, 5) is 26.5. The van der Waals surface area contributed by atoms with Crippen LogP contribution in [-0.4, -0.2) is 35.3 Å². The van der Waals surface area contributed by atoms with Crippen LogP contribution >= 0.6 is 0 Å². The predicted molar refractivity (Wildman–Crippen MR) is 101 cm³/mol. The van der Waals surface area contributed by atoms with Gasteiger partial charge in [-0.3, -0.25) is 14.9 Å². The molecule has 0 aliphatic carbocycles. The minimum atomic E-state index is -0.410. The van der Waals surface area contributed by atoms with Crippen LogP contribution in [0.2, 0.25) is 0 Å². The lowest BCUT2D eigenvalue weighted by Crippen LogP contribution is -2.24. The Kier molecular flexibility index (Phi) is 4.12. The summed E-state index contributed by atoms with van der Waals surface area (Å²) in [6, 6.07) is 14.3. The highest BCUT2D eigenvalue weighted by Crippen LogP contribution is 2.33. The molecule has 146 valence electrons. The van der Waals surface area contributed by atoms with Crippen LogP contribution in [-0.2, 0) is 4.79 Å². The maximum Gasteiger partial charge on any atom is 0.322 e. The van der Waals surface area contributed by atoms with Crippen molar-refractivity contribution in [3.05, 3.63) is 60.0 Å². The summed E-state index contributed by atoms with van der Waals surface area (Å²) in [5.74, 6) is 0.770. The number of carbonyl (C=O) groups is 2. The molecule has 0 radical (unpaired) electrons. The highest BCUT2D eigenvalue weighted by molar-refractivity contribution is 6.03. The van der Waals surface area contributed by atoms with E-state index in [4.69, 9.17) is 13.9 Å². The molecule has 1 aromatic heterocycles. The topological polar surface area (TPSA) is 107 Å². The van der Waals surface area contributed by atoms with Crippen molar-refractivity contribution in [2.45, 2.75) is 12.3 Å². The van der Waals surface area contributed by atoms with Gasteiger partial charge in [-0.15, -0.1) is 5.10 Å². The lowest BCUT2D eigenvalue weighted by Gasteiger charge is -2.15. The molecule has 2 aliphatic heterocycles. The Balaban J connectivity index is 1.27. The van der Waals surface area contributed by atoms with E-state index in [0.29, 0.717) is 29.5 Å². The lowest BCUT2D eigenvalue weighted by molar-refractivity contribution is -0.117. The summed E-state index contributed by atoms with van der Waals surface area (Å²) in [5, 5.41) is 10.5. The van der Waals surface area contributed by atoms with Crippen molar-refractivity contribution in [2.75, 3.05) is 23.6 Å². The summed E-state index contributed by atoms with van der Waals surface area (Å²) in [7, 11) is 0. The number of hydrogen-bond acceptors (Lipinski definition) is 7. The second-order valence-electron chi connectivity index (χ2n) is 6.71. The Morgan fingerprint density at radius 1 is 1.07 bits per heavy atom. The third kappa shape index (κ3) is 3.27. The maximum absolute atomic E-state index is 12.4. The first-order valence-electron chi connectivity index (χ1n) is 9.07. The van der Waals surface area contributed by atoms with Crippen molar-refractivity contribution in [3.8, 4) is 11.5 Å². The van der Waals surface area contributed by atoms with Crippen LogP contribution in [0, 0.1) is 0 Å². The second-order valence-corrected chi connectivity index (χ2v) is 6.71. The van der Waals surface area contributed by atoms with Crippen LogP contribution in [0.3, 0.4) is 0 Å². The summed E-state index contributed by atoms with van der Waals surface area (Å²) in [6.07, 6.45) is 0.270. The van der Waals surface area contributed by atoms with Crippen molar-refractivity contribution >= 4 is 23.5 Å². The third-order valence-corrected chi connectivity index (χ3v) is 4.84. The van der Waals surface area contributed by atoms with Gasteiger partial charge in [0.25, 0.3) is 5.91 Å². The largest absolute Gasteiger partial charge is 0.454 e. The number of rotatable bonds is 4. The standard InChI is InChI=1S/C20H16N4O5/c25-17-9-13(10-24(17)14-4-2-1-3-5-14)19-22-23-20(29-19)21-18(26)12-6-7-15-16(8-12)28-11-27-15/h1-8,13H,9-11H2,(H,21,23,26)/t13-/m1/s1. The van der Waals surface area contributed by atoms with E-state index in [0.717, 1.165) is 5.69 Å². The van der Waals surface area contributed by atoms with Crippen LogP contribution < -0.4 is 19.7 Å². The third-order valence-electron chi connectivity index (χ3n) is 4.84. The highest BCUT2D eigenvalue weighted by atomic mass is 16.7. The van der Waals surface area contributed by atoms with Gasteiger partial charge in [0.05, 0.1) is 5.92 Å². The molecule has 29 heavy (non-hydrogen) atoms. The molecule has 3 heterocycles. The van der Waals surface area contributed by atoms with Gasteiger partial charge in [-0.1, -0.05) is 23.3 Å². The second kappa shape index (κ2) is 6.93. The Morgan fingerprint density at radius 2 is 1.90 bits per heavy atom. The van der Waals surface area contributed by atoms with Crippen molar-refractivity contribution in [1.29, 1.82) is 0 Å². The predicted octanol–water partition coefficient (Wildman–Crippen LogP) is 2.57. The van der Waals surface area contributed by atoms with Crippen LogP contribution in [0.5, 0.6) is 11.5 Å². The number of aromatic nitrogens is 2. The number of anilines is 2. The molecular weight excluding hydrogens is 376 g/mol. The van der Waals surface area contributed by atoms with Gasteiger partial charge in [0.2, 0.25) is 18.6 Å². The fourth-order valence-electron chi connectivity index (χ4n) is 3.39. The van der Waals surface area contributed by atoms with Gasteiger partial charge in [0.15, 0.2) is 11.5 Å². The van der Waals surface area contributed by atoms with Gasteiger partial charge in [-0.25, -0.2) is 0 Å². The molecule has 0 saturated carbocycles. The van der Waals surface area contributed by atoms with Gasteiger partial charge in [-0.2, -0.15) is 0 Å². The van der Waals surface area contributed by atoms with Gasteiger partial charge in [0, 0.05) is 24.2 Å². The van der Waals surface area contributed by atoms with Gasteiger partial charge < -0.3 is 18.8 Å². The number of ether oxygens (including phenoxy) is 2. The van der Waals surface area contributed by atoms with Gasteiger partial charge >= 0.3 is 6.01 Å². The van der Waals surface area contributed by atoms with E-state index in [-0.39, 0.29) is 31.1 Å². The molecule has 9 nitrogen and oxygen atoms in total. The number of amides is 2. The maximum atomic E-state index is 12.4. The molecule has 2 aliphatic rings. The quantitative estimate of drug-likeness (QED) is 0.727. The summed E-state index contributed by atoms with van der Waals surface area (Å²) in [6.45, 7) is 0.578. The van der Waals surface area contributed by atoms with E-state index in [1.165, 1.54) is 0 Å². The van der Waals surface area contributed by atoms with E-state index in [2.05, 4.69) is 15.5 Å². The fourth-order valence-corrected chi connectivity index (χ4v) is 3.39. The average molecular weight is 392 g/mol. The van der Waals surface area contributed by atoms with Crippen LogP contribution in [0.4, 0.5) is 11.7 Å². The summed E-state index contributed by atoms with van der Waals surface area (Å²) in [5.41, 5.74) is 1.20. The first-order valence-corrected chi connectivity index (χ1v) is 9.07. The highest BCUT2D eigenvalue weighted by Gasteiger charge is 2.35. The lowest BCUT2D eigenvalue weighted by atomic mass is 10.1. The molecule has 1 fully saturated rings. The Hall–Kier alpha value is -3.88. The zero-order chi connectivity index (χ0) is 19.8. The molecule has 2 amide bonds. The van der Waals surface area contributed by atoms with E-state index in [9.17, 15) is 9.59 Å². The van der Waals surface area contributed by atoms with E-state index >= 15 is 0 Å². The number of nitrogens with zero attached hydrogens (tertiary/aromatic N) is 3. The van der Waals surface area contributed by atoms with Crippen LogP contribution in [0.25, 0.3) is 0 Å². The summed E-state index contributed by atoms with van der Waals surface area (Å²) < 4.78 is 16.1. The number of carbonyl (C=O) groups excluding carboxylic acids is 2. The number of nitrogens with one attached hydrogen (secondary N) is 1.